The molecule has 0 bridgehead atoms. The predicted molar refractivity (Wildman–Crippen MR) is 81.4 cm³/mol. The molecule has 0 radical (unpaired) electrons. The first-order chi connectivity index (χ1) is 8.99. The number of nitrogens with one attached hydrogen (secondary N) is 1. The van der Waals surface area contributed by atoms with Crippen molar-refractivity contribution in [2.45, 2.75) is 77.7 Å². The lowest BCUT2D eigenvalue weighted by Crippen LogP contribution is -2.45. The Kier molecular flexibility index (Phi) is 5.30. The fourth-order valence-electron chi connectivity index (χ4n) is 3.77. The third-order valence-electron chi connectivity index (χ3n) is 4.97. The molecule has 2 nitrogen and oxygen atoms in total. The quantitative estimate of drug-likeness (QED) is 0.826. The van der Waals surface area contributed by atoms with Gasteiger partial charge in [-0.1, -0.05) is 19.3 Å². The van der Waals surface area contributed by atoms with Crippen LogP contribution in [-0.4, -0.2) is 25.3 Å². The van der Waals surface area contributed by atoms with E-state index in [-0.39, 0.29) is 5.54 Å². The highest BCUT2D eigenvalue weighted by atomic mass is 16.5. The Morgan fingerprint density at radius 1 is 1.05 bits per heavy atom. The van der Waals surface area contributed by atoms with Crippen molar-refractivity contribution in [1.82, 2.24) is 5.32 Å². The van der Waals surface area contributed by atoms with Crippen LogP contribution in [0.15, 0.2) is 0 Å². The largest absolute Gasteiger partial charge is 0.381 e. The minimum absolute atomic E-state index is 0.250. The van der Waals surface area contributed by atoms with E-state index in [0.717, 1.165) is 19.1 Å². The van der Waals surface area contributed by atoms with Crippen LogP contribution < -0.4 is 5.32 Å². The van der Waals surface area contributed by atoms with Gasteiger partial charge < -0.3 is 10.1 Å². The molecule has 0 aromatic carbocycles. The first-order valence-corrected chi connectivity index (χ1v) is 8.32. The molecule has 1 saturated heterocycles. The monoisotopic (exact) mass is 267 g/mol. The molecule has 1 heterocycles. The molecule has 0 spiro atoms. The summed E-state index contributed by atoms with van der Waals surface area (Å²) >= 11 is 0. The second-order valence-corrected chi connectivity index (χ2v) is 7.92. The summed E-state index contributed by atoms with van der Waals surface area (Å²) < 4.78 is 5.52. The zero-order chi connectivity index (χ0) is 13.8. The summed E-state index contributed by atoms with van der Waals surface area (Å²) in [5.74, 6) is 0.911. The van der Waals surface area contributed by atoms with E-state index in [0.29, 0.717) is 5.41 Å². The van der Waals surface area contributed by atoms with Crippen LogP contribution in [0.1, 0.15) is 72.1 Å². The number of ether oxygens (including phenoxy) is 1. The number of rotatable bonds is 4. The second kappa shape index (κ2) is 6.58. The van der Waals surface area contributed by atoms with Crippen LogP contribution in [0.3, 0.4) is 0 Å². The van der Waals surface area contributed by atoms with Crippen LogP contribution in [0, 0.1) is 11.3 Å². The van der Waals surface area contributed by atoms with Gasteiger partial charge >= 0.3 is 0 Å². The summed E-state index contributed by atoms with van der Waals surface area (Å²) in [5, 5.41) is 3.79. The van der Waals surface area contributed by atoms with Crippen molar-refractivity contribution in [2.24, 2.45) is 11.3 Å². The van der Waals surface area contributed by atoms with Gasteiger partial charge in [-0.3, -0.25) is 0 Å². The van der Waals surface area contributed by atoms with Gasteiger partial charge in [0.15, 0.2) is 0 Å². The molecular weight excluding hydrogens is 234 g/mol. The Hall–Kier alpha value is -0.0800. The van der Waals surface area contributed by atoms with Gasteiger partial charge in [0.2, 0.25) is 0 Å². The third-order valence-corrected chi connectivity index (χ3v) is 4.97. The van der Waals surface area contributed by atoms with E-state index in [1.54, 1.807) is 0 Å². The van der Waals surface area contributed by atoms with Gasteiger partial charge in [0, 0.05) is 25.3 Å². The summed E-state index contributed by atoms with van der Waals surface area (Å²) in [5.41, 5.74) is 0.827. The fourth-order valence-corrected chi connectivity index (χ4v) is 3.77. The molecule has 2 heteroatoms. The molecule has 112 valence electrons. The molecule has 2 aliphatic rings. The topological polar surface area (TPSA) is 21.3 Å². The summed E-state index contributed by atoms with van der Waals surface area (Å²) in [4.78, 5) is 0. The van der Waals surface area contributed by atoms with Crippen LogP contribution in [0.25, 0.3) is 0 Å². The lowest BCUT2D eigenvalue weighted by Gasteiger charge is -2.42. The average Bonchev–Trinajstić information content (AvgIpc) is 2.38. The first-order valence-electron chi connectivity index (χ1n) is 8.32. The van der Waals surface area contributed by atoms with Crippen LogP contribution in [0.2, 0.25) is 0 Å². The van der Waals surface area contributed by atoms with Gasteiger partial charge in [0.25, 0.3) is 0 Å². The molecule has 0 atom stereocenters. The maximum absolute atomic E-state index is 5.52. The van der Waals surface area contributed by atoms with Gasteiger partial charge in [-0.05, 0) is 64.2 Å². The van der Waals surface area contributed by atoms with Crippen LogP contribution in [0.4, 0.5) is 0 Å². The molecule has 19 heavy (non-hydrogen) atoms. The van der Waals surface area contributed by atoms with Crippen molar-refractivity contribution in [1.29, 1.82) is 0 Å². The lowest BCUT2D eigenvalue weighted by molar-refractivity contribution is 0.0356. The summed E-state index contributed by atoms with van der Waals surface area (Å²) in [6, 6.07) is 0. The summed E-state index contributed by atoms with van der Waals surface area (Å²) in [6.45, 7) is 10.1. The number of hydrogen-bond donors (Lipinski definition) is 1. The SMILES string of the molecule is CC(C)(C)NCC1(CC2CCOCC2)CCCCC1. The molecule has 0 amide bonds. The van der Waals surface area contributed by atoms with E-state index < -0.39 is 0 Å². The van der Waals surface area contributed by atoms with Crippen LogP contribution >= 0.6 is 0 Å². The maximum Gasteiger partial charge on any atom is 0.0468 e. The van der Waals surface area contributed by atoms with E-state index in [9.17, 15) is 0 Å². The minimum atomic E-state index is 0.250. The first kappa shape index (κ1) is 15.3. The fraction of sp³-hybridized carbons (Fsp3) is 1.00. The molecule has 2 rings (SSSR count). The van der Waals surface area contributed by atoms with Gasteiger partial charge in [-0.15, -0.1) is 0 Å². The summed E-state index contributed by atoms with van der Waals surface area (Å²) in [7, 11) is 0. The average molecular weight is 267 g/mol. The highest BCUT2D eigenvalue weighted by molar-refractivity contribution is 4.89. The van der Waals surface area contributed by atoms with Crippen molar-refractivity contribution in [2.75, 3.05) is 19.8 Å². The smallest absolute Gasteiger partial charge is 0.0468 e. The highest BCUT2D eigenvalue weighted by Crippen LogP contribution is 2.43. The third kappa shape index (κ3) is 5.07. The highest BCUT2D eigenvalue weighted by Gasteiger charge is 2.35. The Labute approximate surface area is 119 Å². The Morgan fingerprint density at radius 2 is 1.68 bits per heavy atom. The van der Waals surface area contributed by atoms with Crippen molar-refractivity contribution in [3.8, 4) is 0 Å². The molecular formula is C17H33NO. The minimum Gasteiger partial charge on any atom is -0.381 e. The van der Waals surface area contributed by atoms with E-state index in [1.807, 2.05) is 0 Å². The molecule has 0 aromatic rings. The maximum atomic E-state index is 5.52. The Bertz CT molecular complexity index is 257. The predicted octanol–water partition coefficient (Wildman–Crippen LogP) is 4.14. The van der Waals surface area contributed by atoms with Gasteiger partial charge in [-0.2, -0.15) is 0 Å². The standard InChI is InChI=1S/C17H33NO/c1-16(2,3)18-14-17(9-5-4-6-10-17)13-15-7-11-19-12-8-15/h15,18H,4-14H2,1-3H3. The van der Waals surface area contributed by atoms with Crippen molar-refractivity contribution in [3.63, 3.8) is 0 Å². The molecule has 1 aliphatic heterocycles. The van der Waals surface area contributed by atoms with Gasteiger partial charge in [-0.25, -0.2) is 0 Å². The van der Waals surface area contributed by atoms with E-state index in [1.165, 1.54) is 57.9 Å². The molecule has 2 fully saturated rings. The van der Waals surface area contributed by atoms with E-state index in [2.05, 4.69) is 26.1 Å². The second-order valence-electron chi connectivity index (χ2n) is 7.92. The van der Waals surface area contributed by atoms with Crippen molar-refractivity contribution < 1.29 is 4.74 Å². The van der Waals surface area contributed by atoms with Crippen LogP contribution in [-0.2, 0) is 4.74 Å². The van der Waals surface area contributed by atoms with E-state index in [4.69, 9.17) is 4.74 Å². The normalized spacial score (nSPS) is 25.4. The van der Waals surface area contributed by atoms with E-state index >= 15 is 0 Å². The molecule has 0 unspecified atom stereocenters. The molecule has 1 saturated carbocycles. The zero-order valence-corrected chi connectivity index (χ0v) is 13.3. The molecule has 1 N–H and O–H groups in total. The van der Waals surface area contributed by atoms with Crippen LogP contribution in [0.5, 0.6) is 0 Å². The zero-order valence-electron chi connectivity index (χ0n) is 13.3. The van der Waals surface area contributed by atoms with Gasteiger partial charge in [0.05, 0.1) is 0 Å². The molecule has 0 aromatic heterocycles. The van der Waals surface area contributed by atoms with Gasteiger partial charge in [0.1, 0.15) is 0 Å². The van der Waals surface area contributed by atoms with Crippen molar-refractivity contribution >= 4 is 0 Å². The Balaban J connectivity index is 1.93. The lowest BCUT2D eigenvalue weighted by atomic mass is 9.67. The van der Waals surface area contributed by atoms with Crippen molar-refractivity contribution in [3.05, 3.63) is 0 Å². The molecule has 1 aliphatic carbocycles. The Morgan fingerprint density at radius 3 is 2.26 bits per heavy atom. The number of hydrogen-bond acceptors (Lipinski definition) is 2. The summed E-state index contributed by atoms with van der Waals surface area (Å²) in [6.07, 6.45) is 11.2.